The Labute approximate surface area is 206 Å². The summed E-state index contributed by atoms with van der Waals surface area (Å²) in [5, 5.41) is 6.79. The van der Waals surface area contributed by atoms with Gasteiger partial charge >= 0.3 is 12.1 Å². The number of carbonyl (C=O) groups excluding carboxylic acids is 2. The van der Waals surface area contributed by atoms with Gasteiger partial charge in [0.1, 0.15) is 11.4 Å². The maximum Gasteiger partial charge on any atom is 0.412 e. The molecule has 0 atom stereocenters. The van der Waals surface area contributed by atoms with Gasteiger partial charge in [-0.3, -0.25) is 10.1 Å². The maximum atomic E-state index is 12.8. The lowest BCUT2D eigenvalue weighted by molar-refractivity contribution is -0.135. The molecule has 0 aromatic heterocycles. The summed E-state index contributed by atoms with van der Waals surface area (Å²) in [6, 6.07) is 23.5. The Kier molecular flexibility index (Phi) is 6.79. The van der Waals surface area contributed by atoms with Gasteiger partial charge in [-0.2, -0.15) is 0 Å². The van der Waals surface area contributed by atoms with Gasteiger partial charge < -0.3 is 9.47 Å². The van der Waals surface area contributed by atoms with E-state index >= 15 is 0 Å². The second kappa shape index (κ2) is 9.79. The highest BCUT2D eigenvalue weighted by atomic mass is 16.6. The standard InChI is InChI=1S/C30H31NO4/c1-19(2)18-26(32)34-25-17-15-21-11-7-9-13-23(21)28(25)27-22-12-8-6-10-20(22)14-16-24(27)31-29(33)35-30(3,4)5/h6-17,19H,18H2,1-5H3,(H,31,33). The van der Waals surface area contributed by atoms with Crippen LogP contribution >= 0.6 is 0 Å². The third kappa shape index (κ3) is 5.62. The second-order valence-electron chi connectivity index (χ2n) is 10.1. The van der Waals surface area contributed by atoms with Crippen molar-refractivity contribution in [3.63, 3.8) is 0 Å². The number of ether oxygens (including phenoxy) is 2. The molecule has 0 fully saturated rings. The fourth-order valence-corrected chi connectivity index (χ4v) is 4.15. The normalized spacial score (nSPS) is 11.6. The van der Waals surface area contributed by atoms with E-state index in [1.165, 1.54) is 0 Å². The van der Waals surface area contributed by atoms with Crippen LogP contribution in [0, 0.1) is 5.92 Å². The number of benzene rings is 4. The zero-order valence-corrected chi connectivity index (χ0v) is 20.8. The monoisotopic (exact) mass is 469 g/mol. The maximum absolute atomic E-state index is 12.8. The van der Waals surface area contributed by atoms with E-state index in [0.29, 0.717) is 17.9 Å². The molecule has 0 aliphatic rings. The predicted molar refractivity (Wildman–Crippen MR) is 142 cm³/mol. The van der Waals surface area contributed by atoms with Crippen LogP contribution in [-0.2, 0) is 9.53 Å². The molecule has 180 valence electrons. The number of fused-ring (bicyclic) bond motifs is 2. The average Bonchev–Trinajstić information content (AvgIpc) is 2.77. The molecule has 0 saturated heterocycles. The molecule has 4 aromatic rings. The van der Waals surface area contributed by atoms with Gasteiger partial charge in [-0.1, -0.05) is 74.5 Å². The number of esters is 1. The number of rotatable bonds is 5. The highest BCUT2D eigenvalue weighted by molar-refractivity contribution is 6.13. The van der Waals surface area contributed by atoms with E-state index < -0.39 is 11.7 Å². The third-order valence-electron chi connectivity index (χ3n) is 5.50. The summed E-state index contributed by atoms with van der Waals surface area (Å²) in [5.74, 6) is 0.338. The van der Waals surface area contributed by atoms with E-state index in [4.69, 9.17) is 9.47 Å². The number of carbonyl (C=O) groups is 2. The van der Waals surface area contributed by atoms with Gasteiger partial charge in [0.15, 0.2) is 0 Å². The topological polar surface area (TPSA) is 64.6 Å². The molecular formula is C30H31NO4. The van der Waals surface area contributed by atoms with Crippen LogP contribution in [0.4, 0.5) is 10.5 Å². The van der Waals surface area contributed by atoms with Crippen LogP contribution in [0.25, 0.3) is 32.7 Å². The molecule has 5 heteroatoms. The Morgan fingerprint density at radius 2 is 1.37 bits per heavy atom. The lowest BCUT2D eigenvalue weighted by Crippen LogP contribution is -2.27. The molecule has 0 bridgehead atoms. The summed E-state index contributed by atoms with van der Waals surface area (Å²) in [6.45, 7) is 9.44. The largest absolute Gasteiger partial charge is 0.444 e. The number of hydrogen-bond donors (Lipinski definition) is 1. The minimum Gasteiger partial charge on any atom is -0.444 e. The summed E-state index contributed by atoms with van der Waals surface area (Å²) < 4.78 is 11.5. The minimum atomic E-state index is -0.641. The molecule has 0 unspecified atom stereocenters. The van der Waals surface area contributed by atoms with Gasteiger partial charge in [-0.05, 0) is 60.4 Å². The van der Waals surface area contributed by atoms with Crippen LogP contribution in [0.1, 0.15) is 41.0 Å². The van der Waals surface area contributed by atoms with E-state index in [1.54, 1.807) is 0 Å². The Bertz CT molecular complexity index is 1400. The van der Waals surface area contributed by atoms with Crippen molar-refractivity contribution >= 4 is 39.3 Å². The fourth-order valence-electron chi connectivity index (χ4n) is 4.15. The predicted octanol–water partition coefficient (Wildman–Crippen LogP) is 7.96. The summed E-state index contributed by atoms with van der Waals surface area (Å²) >= 11 is 0. The fraction of sp³-hybridized carbons (Fsp3) is 0.267. The summed E-state index contributed by atoms with van der Waals surface area (Å²) in [4.78, 5) is 25.5. The molecule has 0 radical (unpaired) electrons. The molecule has 4 aromatic carbocycles. The molecule has 0 heterocycles. The smallest absolute Gasteiger partial charge is 0.412 e. The molecule has 0 aliphatic heterocycles. The Hall–Kier alpha value is -3.86. The molecule has 5 nitrogen and oxygen atoms in total. The average molecular weight is 470 g/mol. The first-order valence-electron chi connectivity index (χ1n) is 11.9. The van der Waals surface area contributed by atoms with Gasteiger partial charge in [0, 0.05) is 17.5 Å². The van der Waals surface area contributed by atoms with Crippen molar-refractivity contribution in [2.45, 2.75) is 46.6 Å². The lowest BCUT2D eigenvalue weighted by atomic mass is 9.91. The van der Waals surface area contributed by atoms with E-state index in [2.05, 4.69) is 5.32 Å². The number of hydrogen-bond acceptors (Lipinski definition) is 4. The van der Waals surface area contributed by atoms with Crippen molar-refractivity contribution < 1.29 is 19.1 Å². The summed E-state index contributed by atoms with van der Waals surface area (Å²) in [5.41, 5.74) is 1.47. The quantitative estimate of drug-likeness (QED) is 0.238. The number of amides is 1. The van der Waals surface area contributed by atoms with Crippen LogP contribution in [0.15, 0.2) is 72.8 Å². The number of nitrogens with one attached hydrogen (secondary N) is 1. The highest BCUT2D eigenvalue weighted by Gasteiger charge is 2.23. The van der Waals surface area contributed by atoms with E-state index in [1.807, 2.05) is 107 Å². The Balaban J connectivity index is 1.97. The zero-order valence-electron chi connectivity index (χ0n) is 20.8. The molecular weight excluding hydrogens is 438 g/mol. The van der Waals surface area contributed by atoms with Gasteiger partial charge in [0.05, 0.1) is 5.69 Å². The van der Waals surface area contributed by atoms with Crippen LogP contribution in [0.5, 0.6) is 5.75 Å². The Morgan fingerprint density at radius 1 is 0.800 bits per heavy atom. The van der Waals surface area contributed by atoms with Crippen molar-refractivity contribution in [3.8, 4) is 16.9 Å². The van der Waals surface area contributed by atoms with Crippen molar-refractivity contribution in [2.75, 3.05) is 5.32 Å². The first-order chi connectivity index (χ1) is 16.6. The van der Waals surface area contributed by atoms with Crippen molar-refractivity contribution in [3.05, 3.63) is 72.8 Å². The van der Waals surface area contributed by atoms with Gasteiger partial charge in [0.25, 0.3) is 0 Å². The van der Waals surface area contributed by atoms with Crippen molar-refractivity contribution in [1.29, 1.82) is 0 Å². The minimum absolute atomic E-state index is 0.174. The first-order valence-corrected chi connectivity index (χ1v) is 11.9. The lowest BCUT2D eigenvalue weighted by Gasteiger charge is -2.22. The first kappa shape index (κ1) is 24.3. The van der Waals surface area contributed by atoms with Crippen LogP contribution in [0.3, 0.4) is 0 Å². The molecule has 0 spiro atoms. The third-order valence-corrected chi connectivity index (χ3v) is 5.50. The SMILES string of the molecule is CC(C)CC(=O)Oc1ccc2ccccc2c1-c1c(NC(=O)OC(C)(C)C)ccc2ccccc12. The molecule has 0 aliphatic carbocycles. The van der Waals surface area contributed by atoms with Crippen molar-refractivity contribution in [1.82, 2.24) is 0 Å². The highest BCUT2D eigenvalue weighted by Crippen LogP contribution is 2.44. The molecule has 35 heavy (non-hydrogen) atoms. The summed E-state index contributed by atoms with van der Waals surface area (Å²) in [6.07, 6.45) is -0.238. The van der Waals surface area contributed by atoms with E-state index in [-0.39, 0.29) is 11.9 Å². The van der Waals surface area contributed by atoms with Crippen LogP contribution < -0.4 is 10.1 Å². The Morgan fingerprint density at radius 3 is 1.97 bits per heavy atom. The molecule has 1 N–H and O–H groups in total. The summed E-state index contributed by atoms with van der Waals surface area (Å²) in [7, 11) is 0. The van der Waals surface area contributed by atoms with Gasteiger partial charge in [0.2, 0.25) is 0 Å². The molecule has 1 amide bonds. The molecule has 0 saturated carbocycles. The molecule has 4 rings (SSSR count). The van der Waals surface area contributed by atoms with Gasteiger partial charge in [-0.25, -0.2) is 4.79 Å². The van der Waals surface area contributed by atoms with Gasteiger partial charge in [-0.15, -0.1) is 0 Å². The number of anilines is 1. The van der Waals surface area contributed by atoms with Crippen molar-refractivity contribution in [2.24, 2.45) is 5.92 Å². The van der Waals surface area contributed by atoms with E-state index in [9.17, 15) is 9.59 Å². The zero-order chi connectivity index (χ0) is 25.2. The van der Waals surface area contributed by atoms with E-state index in [0.717, 1.165) is 32.7 Å². The van der Waals surface area contributed by atoms with Crippen LogP contribution in [-0.4, -0.2) is 17.7 Å². The second-order valence-corrected chi connectivity index (χ2v) is 10.1. The van der Waals surface area contributed by atoms with Crippen LogP contribution in [0.2, 0.25) is 0 Å².